The van der Waals surface area contributed by atoms with E-state index in [4.69, 9.17) is 25.4 Å². The Labute approximate surface area is 179 Å². The van der Waals surface area contributed by atoms with E-state index in [9.17, 15) is 4.79 Å². The smallest absolute Gasteiger partial charge is 0.234 e. The van der Waals surface area contributed by atoms with Crippen LogP contribution in [0.3, 0.4) is 0 Å². The van der Waals surface area contributed by atoms with Crippen molar-refractivity contribution in [3.63, 3.8) is 0 Å². The van der Waals surface area contributed by atoms with Crippen molar-refractivity contribution in [3.05, 3.63) is 41.5 Å². The van der Waals surface area contributed by atoms with Crippen LogP contribution in [0.4, 0.5) is 0 Å². The Balaban J connectivity index is 1.79. The highest BCUT2D eigenvalue weighted by atomic mass is 16.7. The van der Waals surface area contributed by atoms with E-state index < -0.39 is 11.2 Å². The molecule has 0 amide bonds. The van der Waals surface area contributed by atoms with Gasteiger partial charge in [0.15, 0.2) is 0 Å². The summed E-state index contributed by atoms with van der Waals surface area (Å²) in [6.07, 6.45) is 10.2. The molecule has 1 aliphatic carbocycles. The minimum Gasteiger partial charge on any atom is -0.497 e. The second-order valence-electron chi connectivity index (χ2n) is 8.91. The van der Waals surface area contributed by atoms with E-state index in [2.05, 4.69) is 18.9 Å². The van der Waals surface area contributed by atoms with Crippen LogP contribution in [-0.4, -0.2) is 38.5 Å². The van der Waals surface area contributed by atoms with Crippen LogP contribution in [0.15, 0.2) is 35.9 Å². The Morgan fingerprint density at radius 2 is 1.93 bits per heavy atom. The molecule has 0 bridgehead atoms. The minimum absolute atomic E-state index is 0.0600. The summed E-state index contributed by atoms with van der Waals surface area (Å²) in [4.78, 5) is 11.6. The quantitative estimate of drug-likeness (QED) is 0.346. The van der Waals surface area contributed by atoms with Gasteiger partial charge >= 0.3 is 0 Å². The van der Waals surface area contributed by atoms with Crippen LogP contribution < -0.4 is 4.74 Å². The van der Waals surface area contributed by atoms with Crippen LogP contribution in [0.25, 0.3) is 0 Å². The molecule has 5 heteroatoms. The second kappa shape index (κ2) is 9.34. The van der Waals surface area contributed by atoms with Crippen molar-refractivity contribution in [2.24, 2.45) is 17.3 Å². The van der Waals surface area contributed by atoms with Crippen LogP contribution >= 0.6 is 0 Å². The van der Waals surface area contributed by atoms with Crippen molar-refractivity contribution < 1.29 is 23.7 Å². The standard InChI is InChI=1S/C25H32O5/c1-6-25(29-11-12-30-25)15-22-18(2)13-20(14-24(3,4)17-26)23(22)28-16-19-7-9-21(27-5)10-8-19/h1,7-10,13,17,20,22-23H,11-12,14-16H2,2-5H3/t20-,22+,23+/m1/s1. The van der Waals surface area contributed by atoms with Crippen molar-refractivity contribution in [1.82, 2.24) is 0 Å². The predicted molar refractivity (Wildman–Crippen MR) is 115 cm³/mol. The van der Waals surface area contributed by atoms with Crippen LogP contribution in [0.5, 0.6) is 5.75 Å². The van der Waals surface area contributed by atoms with E-state index in [1.807, 2.05) is 38.1 Å². The lowest BCUT2D eigenvalue weighted by atomic mass is 9.80. The summed E-state index contributed by atoms with van der Waals surface area (Å²) >= 11 is 0. The summed E-state index contributed by atoms with van der Waals surface area (Å²) in [7, 11) is 1.65. The summed E-state index contributed by atoms with van der Waals surface area (Å²) < 4.78 is 23.3. The molecule has 3 rings (SSSR count). The molecule has 0 unspecified atom stereocenters. The van der Waals surface area contributed by atoms with Gasteiger partial charge in [0.25, 0.3) is 0 Å². The lowest BCUT2D eigenvalue weighted by Crippen LogP contribution is -2.37. The Morgan fingerprint density at radius 3 is 2.50 bits per heavy atom. The fourth-order valence-electron chi connectivity index (χ4n) is 4.38. The Morgan fingerprint density at radius 1 is 1.27 bits per heavy atom. The summed E-state index contributed by atoms with van der Waals surface area (Å²) in [5, 5.41) is 0. The fourth-order valence-corrected chi connectivity index (χ4v) is 4.38. The molecule has 5 nitrogen and oxygen atoms in total. The molecule has 162 valence electrons. The van der Waals surface area contributed by atoms with Crippen LogP contribution in [-0.2, 0) is 25.6 Å². The average molecular weight is 413 g/mol. The number of benzene rings is 1. The molecule has 30 heavy (non-hydrogen) atoms. The third-order valence-electron chi connectivity index (χ3n) is 6.03. The third-order valence-corrected chi connectivity index (χ3v) is 6.03. The minimum atomic E-state index is -1.00. The normalized spacial score (nSPS) is 25.6. The van der Waals surface area contributed by atoms with Gasteiger partial charge in [-0.05, 0) is 37.0 Å². The van der Waals surface area contributed by atoms with E-state index >= 15 is 0 Å². The van der Waals surface area contributed by atoms with Crippen LogP contribution in [0, 0.1) is 29.6 Å². The average Bonchev–Trinajstić information content (AvgIpc) is 3.32. The van der Waals surface area contributed by atoms with Crippen molar-refractivity contribution >= 4 is 6.29 Å². The van der Waals surface area contributed by atoms with E-state index in [0.29, 0.717) is 32.7 Å². The zero-order valence-corrected chi connectivity index (χ0v) is 18.4. The van der Waals surface area contributed by atoms with Gasteiger partial charge in [-0.3, -0.25) is 0 Å². The second-order valence-corrected chi connectivity index (χ2v) is 8.91. The maximum atomic E-state index is 11.6. The monoisotopic (exact) mass is 412 g/mol. The number of carbonyl (C=O) groups is 1. The van der Waals surface area contributed by atoms with Crippen molar-refractivity contribution in [3.8, 4) is 18.1 Å². The number of terminal acetylenes is 1. The molecule has 1 aliphatic heterocycles. The number of aldehydes is 1. The number of hydrogen-bond donors (Lipinski definition) is 0. The molecule has 0 aromatic heterocycles. The fraction of sp³-hybridized carbons (Fsp3) is 0.560. The van der Waals surface area contributed by atoms with Crippen LogP contribution in [0.2, 0.25) is 0 Å². The molecule has 1 aromatic rings. The first kappa shape index (κ1) is 22.6. The molecule has 1 aromatic carbocycles. The summed E-state index contributed by atoms with van der Waals surface area (Å²) in [5.74, 6) is 2.69. The maximum absolute atomic E-state index is 11.6. The Hall–Kier alpha value is -2.13. The molecule has 1 fully saturated rings. The van der Waals surface area contributed by atoms with Gasteiger partial charge in [-0.1, -0.05) is 37.6 Å². The van der Waals surface area contributed by atoms with Gasteiger partial charge in [-0.2, -0.15) is 0 Å². The summed E-state index contributed by atoms with van der Waals surface area (Å²) in [5.41, 5.74) is 1.84. The number of rotatable bonds is 9. The lowest BCUT2D eigenvalue weighted by molar-refractivity contribution is -0.133. The lowest BCUT2D eigenvalue weighted by Gasteiger charge is -2.33. The molecule has 2 aliphatic rings. The van der Waals surface area contributed by atoms with E-state index in [0.717, 1.165) is 17.6 Å². The van der Waals surface area contributed by atoms with Gasteiger partial charge in [0.2, 0.25) is 5.79 Å². The first-order chi connectivity index (χ1) is 14.3. The molecule has 0 saturated carbocycles. The highest BCUT2D eigenvalue weighted by Crippen LogP contribution is 2.44. The van der Waals surface area contributed by atoms with Crippen molar-refractivity contribution in [2.45, 2.75) is 52.1 Å². The van der Waals surface area contributed by atoms with Crippen molar-refractivity contribution in [2.75, 3.05) is 20.3 Å². The van der Waals surface area contributed by atoms with Gasteiger partial charge in [-0.25, -0.2) is 0 Å². The highest BCUT2D eigenvalue weighted by Gasteiger charge is 2.45. The molecule has 0 spiro atoms. The van der Waals surface area contributed by atoms with Gasteiger partial charge in [0.1, 0.15) is 12.0 Å². The molecule has 1 saturated heterocycles. The number of methoxy groups -OCH3 is 1. The molecule has 0 radical (unpaired) electrons. The SMILES string of the molecule is C#CC1(C[C@H]2C(C)=C[C@H](CC(C)(C)C=O)[C@@H]2OCc2ccc(OC)cc2)OCCO1. The zero-order chi connectivity index (χ0) is 21.8. The first-order valence-corrected chi connectivity index (χ1v) is 10.5. The number of hydrogen-bond acceptors (Lipinski definition) is 5. The Kier molecular flexibility index (Phi) is 7.02. The zero-order valence-electron chi connectivity index (χ0n) is 18.4. The predicted octanol–water partition coefficient (Wildman–Crippen LogP) is 4.15. The first-order valence-electron chi connectivity index (χ1n) is 10.5. The third kappa shape index (κ3) is 5.13. The van der Waals surface area contributed by atoms with Gasteiger partial charge < -0.3 is 23.7 Å². The van der Waals surface area contributed by atoms with E-state index in [1.54, 1.807) is 7.11 Å². The van der Waals surface area contributed by atoms with Gasteiger partial charge in [0.05, 0.1) is 33.0 Å². The Bertz CT molecular complexity index is 796. The highest BCUT2D eigenvalue weighted by molar-refractivity contribution is 5.58. The van der Waals surface area contributed by atoms with E-state index in [1.165, 1.54) is 5.57 Å². The number of carbonyl (C=O) groups excluding carboxylic acids is 1. The molecule has 3 atom stereocenters. The summed E-state index contributed by atoms with van der Waals surface area (Å²) in [6, 6.07) is 7.85. The van der Waals surface area contributed by atoms with Crippen molar-refractivity contribution in [1.29, 1.82) is 0 Å². The van der Waals surface area contributed by atoms with Crippen LogP contribution in [0.1, 0.15) is 39.2 Å². The van der Waals surface area contributed by atoms with E-state index in [-0.39, 0.29) is 17.9 Å². The maximum Gasteiger partial charge on any atom is 0.234 e. The number of ether oxygens (including phenoxy) is 4. The molecule has 1 heterocycles. The van der Waals surface area contributed by atoms with Gasteiger partial charge in [-0.15, -0.1) is 6.42 Å². The summed E-state index contributed by atoms with van der Waals surface area (Å²) in [6.45, 7) is 7.49. The molecular formula is C25H32O5. The largest absolute Gasteiger partial charge is 0.497 e. The molecular weight excluding hydrogens is 380 g/mol. The van der Waals surface area contributed by atoms with Gasteiger partial charge in [0, 0.05) is 23.7 Å². The molecule has 0 N–H and O–H groups in total. The topological polar surface area (TPSA) is 54.0 Å².